The molecule has 1 aromatic rings. The Bertz CT molecular complexity index is 306. The van der Waals surface area contributed by atoms with Crippen LogP contribution in [-0.2, 0) is 4.74 Å². The van der Waals surface area contributed by atoms with Gasteiger partial charge in [-0.2, -0.15) is 0 Å². The molecule has 1 unspecified atom stereocenters. The maximum Gasteiger partial charge on any atom is 0.134 e. The molecule has 4 heteroatoms. The van der Waals surface area contributed by atoms with Crippen LogP contribution in [0, 0.1) is 0 Å². The zero-order valence-corrected chi connectivity index (χ0v) is 9.29. The summed E-state index contributed by atoms with van der Waals surface area (Å²) in [5.41, 5.74) is -0.645. The van der Waals surface area contributed by atoms with Crippen molar-refractivity contribution in [3.8, 4) is 5.75 Å². The van der Waals surface area contributed by atoms with Gasteiger partial charge < -0.3 is 9.47 Å². The summed E-state index contributed by atoms with van der Waals surface area (Å²) in [6.07, 6.45) is 0.739. The van der Waals surface area contributed by atoms with Crippen LogP contribution >= 0.6 is 15.9 Å². The van der Waals surface area contributed by atoms with E-state index in [-0.39, 0.29) is 0 Å². The van der Waals surface area contributed by atoms with E-state index in [1.165, 1.54) is 0 Å². The minimum absolute atomic E-state index is 0.461. The molecule has 1 aromatic carbocycles. The van der Waals surface area contributed by atoms with Crippen LogP contribution in [0.25, 0.3) is 0 Å². The monoisotopic (exact) mass is 252 g/mol. The Morgan fingerprint density at radius 1 is 1.36 bits per heavy atom. The van der Waals surface area contributed by atoms with Gasteiger partial charge >= 0.3 is 0 Å². The van der Waals surface area contributed by atoms with Crippen LogP contribution in [0.5, 0.6) is 5.75 Å². The van der Waals surface area contributed by atoms with Gasteiger partial charge in [0.05, 0.1) is 12.1 Å². The highest BCUT2D eigenvalue weighted by Crippen LogP contribution is 2.24. The van der Waals surface area contributed by atoms with E-state index in [4.69, 9.17) is 17.3 Å². The molecular weight excluding hydrogens is 243 g/mol. The van der Waals surface area contributed by atoms with E-state index in [2.05, 4.69) is 15.9 Å². The highest BCUT2D eigenvalue weighted by atomic mass is 79.9. The van der Waals surface area contributed by atoms with E-state index in [9.17, 15) is 0 Å². The number of hydrogen-bond donors (Lipinski definition) is 0. The Morgan fingerprint density at radius 3 is 2.64 bits per heavy atom. The number of halogens is 1. The fraction of sp³-hybridized carbons (Fsp3) is 0.400. The fourth-order valence-electron chi connectivity index (χ4n) is 1.38. The van der Waals surface area contributed by atoms with E-state index in [0.717, 1.165) is 16.6 Å². The number of ether oxygens (including phenoxy) is 2. The van der Waals surface area contributed by atoms with Crippen LogP contribution in [0.4, 0.5) is 0 Å². The largest absolute Gasteiger partial charge is 0.495 e. The summed E-state index contributed by atoms with van der Waals surface area (Å²) >= 11 is 3.36. The van der Waals surface area contributed by atoms with Gasteiger partial charge in [0.2, 0.25) is 0 Å². The van der Waals surface area contributed by atoms with Crippen molar-refractivity contribution in [1.29, 1.82) is 0 Å². The second-order valence-corrected chi connectivity index (χ2v) is 4.34. The highest BCUT2D eigenvalue weighted by molar-refractivity contribution is 9.10. The van der Waals surface area contributed by atoms with Gasteiger partial charge in [0, 0.05) is 17.5 Å². The van der Waals surface area contributed by atoms with E-state index in [1.807, 2.05) is 24.3 Å². The molecule has 1 heterocycles. The minimum atomic E-state index is -0.645. The Labute approximate surface area is 93.1 Å². The molecule has 1 aliphatic heterocycles. The van der Waals surface area contributed by atoms with Crippen molar-refractivity contribution in [1.82, 2.24) is 0 Å². The minimum Gasteiger partial charge on any atom is -0.495 e. The molecule has 0 spiro atoms. The molecule has 14 heavy (non-hydrogen) atoms. The van der Waals surface area contributed by atoms with Crippen molar-refractivity contribution in [3.63, 3.8) is 0 Å². The van der Waals surface area contributed by atoms with Crippen molar-refractivity contribution in [2.45, 2.75) is 11.9 Å². The Hall–Kier alpha value is -0.475. The maximum atomic E-state index is 5.97. The van der Waals surface area contributed by atoms with Crippen molar-refractivity contribution in [2.24, 2.45) is 0 Å². The van der Waals surface area contributed by atoms with Crippen LogP contribution in [-0.4, -0.2) is 26.6 Å². The first-order valence-electron chi connectivity index (χ1n) is 4.49. The topological polar surface area (TPSA) is 18.5 Å². The predicted octanol–water partition coefficient (Wildman–Crippen LogP) is 2.11. The molecule has 2 rings (SSSR count). The molecule has 0 amide bonds. The molecule has 0 bridgehead atoms. The molecule has 1 saturated heterocycles. The van der Waals surface area contributed by atoms with E-state index in [0.29, 0.717) is 13.2 Å². The van der Waals surface area contributed by atoms with Gasteiger partial charge in [0.15, 0.2) is 0 Å². The third-order valence-electron chi connectivity index (χ3n) is 2.15. The van der Waals surface area contributed by atoms with Gasteiger partial charge in [-0.15, -0.1) is 0 Å². The van der Waals surface area contributed by atoms with Crippen molar-refractivity contribution in [3.05, 3.63) is 28.7 Å². The zero-order valence-electron chi connectivity index (χ0n) is 7.70. The number of rotatable bonds is 2. The van der Waals surface area contributed by atoms with Gasteiger partial charge in [-0.05, 0) is 24.3 Å². The summed E-state index contributed by atoms with van der Waals surface area (Å²) in [4.78, 5) is 0. The normalized spacial score (nSPS) is 26.4. The first-order valence-corrected chi connectivity index (χ1v) is 5.28. The van der Waals surface area contributed by atoms with Crippen LogP contribution < -0.4 is 4.74 Å². The molecule has 1 fully saturated rings. The molecule has 2 radical (unpaired) electrons. The lowest BCUT2D eigenvalue weighted by Crippen LogP contribution is -2.36. The smallest absolute Gasteiger partial charge is 0.134 e. The summed E-state index contributed by atoms with van der Waals surface area (Å²) in [6, 6.07) is 7.62. The summed E-state index contributed by atoms with van der Waals surface area (Å²) in [5, 5.41) is 0. The Kier molecular flexibility index (Phi) is 2.84. The molecule has 0 N–H and O–H groups in total. The lowest BCUT2D eigenvalue weighted by atomic mass is 9.81. The number of benzene rings is 1. The molecule has 0 aromatic heterocycles. The second kappa shape index (κ2) is 3.95. The van der Waals surface area contributed by atoms with Crippen LogP contribution in [0.1, 0.15) is 6.42 Å². The average molecular weight is 253 g/mol. The third-order valence-corrected chi connectivity index (χ3v) is 2.68. The molecule has 1 aliphatic rings. The standard InChI is InChI=1S/C10H10BBrO2/c11-10(5-6-13-7-10)14-9-3-1-8(12)2-4-9/h1-4H,5-7H2. The lowest BCUT2D eigenvalue weighted by molar-refractivity contribution is 0.115. The van der Waals surface area contributed by atoms with E-state index in [1.54, 1.807) is 0 Å². The molecular formula is C10H10BBrO2. The summed E-state index contributed by atoms with van der Waals surface area (Å²) in [5.74, 6) is 0.779. The fourth-order valence-corrected chi connectivity index (χ4v) is 1.64. The van der Waals surface area contributed by atoms with Crippen LogP contribution in [0.2, 0.25) is 0 Å². The quantitative estimate of drug-likeness (QED) is 0.751. The summed E-state index contributed by atoms with van der Waals surface area (Å²) < 4.78 is 11.9. The predicted molar refractivity (Wildman–Crippen MR) is 58.7 cm³/mol. The lowest BCUT2D eigenvalue weighted by Gasteiger charge is -2.24. The van der Waals surface area contributed by atoms with Gasteiger partial charge in [-0.25, -0.2) is 0 Å². The van der Waals surface area contributed by atoms with Crippen molar-refractivity contribution < 1.29 is 9.47 Å². The zero-order chi connectivity index (χ0) is 10.0. The van der Waals surface area contributed by atoms with Gasteiger partial charge in [-0.1, -0.05) is 15.9 Å². The third kappa shape index (κ3) is 2.31. The van der Waals surface area contributed by atoms with Crippen LogP contribution in [0.3, 0.4) is 0 Å². The summed E-state index contributed by atoms with van der Waals surface area (Å²) in [6.45, 7) is 1.14. The molecule has 1 atom stereocenters. The first kappa shape index (κ1) is 10.1. The SMILES string of the molecule is [B]C1(Oc2ccc(Br)cc2)CCOC1. The Morgan fingerprint density at radius 2 is 2.07 bits per heavy atom. The van der Waals surface area contributed by atoms with Gasteiger partial charge in [0.25, 0.3) is 0 Å². The van der Waals surface area contributed by atoms with Gasteiger partial charge in [0.1, 0.15) is 13.6 Å². The molecule has 0 aliphatic carbocycles. The van der Waals surface area contributed by atoms with E-state index < -0.39 is 5.50 Å². The van der Waals surface area contributed by atoms with Crippen molar-refractivity contribution >= 4 is 23.8 Å². The first-order chi connectivity index (χ1) is 6.68. The highest BCUT2D eigenvalue weighted by Gasteiger charge is 2.30. The van der Waals surface area contributed by atoms with Crippen LogP contribution in [0.15, 0.2) is 28.7 Å². The molecule has 0 saturated carbocycles. The molecule has 2 nitrogen and oxygen atoms in total. The van der Waals surface area contributed by atoms with Crippen molar-refractivity contribution in [2.75, 3.05) is 13.2 Å². The molecule has 72 valence electrons. The van der Waals surface area contributed by atoms with E-state index >= 15 is 0 Å². The maximum absolute atomic E-state index is 5.97. The number of hydrogen-bond acceptors (Lipinski definition) is 2. The second-order valence-electron chi connectivity index (χ2n) is 3.42. The summed E-state index contributed by atoms with van der Waals surface area (Å²) in [7, 11) is 5.97. The van der Waals surface area contributed by atoms with Gasteiger partial charge in [-0.3, -0.25) is 0 Å². The Balaban J connectivity index is 2.06. The average Bonchev–Trinajstić information content (AvgIpc) is 2.57.